The summed E-state index contributed by atoms with van der Waals surface area (Å²) in [5.41, 5.74) is 13.2. The van der Waals surface area contributed by atoms with Crippen molar-refractivity contribution in [1.82, 2.24) is 4.90 Å². The van der Waals surface area contributed by atoms with E-state index in [1.54, 1.807) is 0 Å². The highest BCUT2D eigenvalue weighted by Crippen LogP contribution is 2.53. The first-order valence-electron chi connectivity index (χ1n) is 14.9. The third kappa shape index (κ3) is 5.90. The van der Waals surface area contributed by atoms with Gasteiger partial charge in [-0.15, -0.1) is 0 Å². The number of aliphatic hydroxyl groups is 1. The van der Waals surface area contributed by atoms with E-state index < -0.39 is 6.29 Å². The molecular weight excluding hydrogens is 496 g/mol. The highest BCUT2D eigenvalue weighted by Gasteiger charge is 2.50. The fourth-order valence-electron chi connectivity index (χ4n) is 7.80. The average Bonchev–Trinajstić information content (AvgIpc) is 3.20. The average molecular weight is 541 g/mol. The van der Waals surface area contributed by atoms with Crippen LogP contribution < -0.4 is 5.73 Å². The van der Waals surface area contributed by atoms with Gasteiger partial charge >= 0.3 is 0 Å². The zero-order valence-corrected chi connectivity index (χ0v) is 24.2. The standard InChI is InChI=1S/C35H44N2O3/c1-34(2)17-30-18-35(3,22-34)23-37(30)20-31-16-32(27-9-7-24(21-38)8-10-27)40-33(39-31)28-13-11-26(12-14-28)29-6-4-5-25(15-29)19-36/h4-15,30-33,38H,16-23,36H2,1-3H3/t30?,31-,32+,33+,35?/m0/s1. The van der Waals surface area contributed by atoms with E-state index in [0.717, 1.165) is 52.9 Å². The Balaban J connectivity index is 1.24. The Morgan fingerprint density at radius 2 is 1.62 bits per heavy atom. The molecule has 0 radical (unpaired) electrons. The van der Waals surface area contributed by atoms with E-state index in [4.69, 9.17) is 15.2 Å². The number of benzene rings is 3. The van der Waals surface area contributed by atoms with Crippen LogP contribution >= 0.6 is 0 Å². The highest BCUT2D eigenvalue weighted by atomic mass is 16.7. The van der Waals surface area contributed by atoms with Gasteiger partial charge in [-0.25, -0.2) is 0 Å². The zero-order valence-electron chi connectivity index (χ0n) is 24.2. The summed E-state index contributed by atoms with van der Waals surface area (Å²) < 4.78 is 13.4. The molecule has 3 aromatic rings. The van der Waals surface area contributed by atoms with Gasteiger partial charge in [0.25, 0.3) is 0 Å². The van der Waals surface area contributed by atoms with Crippen molar-refractivity contribution in [2.24, 2.45) is 16.6 Å². The number of hydrogen-bond donors (Lipinski definition) is 2. The van der Waals surface area contributed by atoms with Gasteiger partial charge in [-0.3, -0.25) is 4.90 Å². The van der Waals surface area contributed by atoms with Crippen molar-refractivity contribution in [3.8, 4) is 11.1 Å². The summed E-state index contributed by atoms with van der Waals surface area (Å²) in [4.78, 5) is 2.71. The fraction of sp³-hybridized carbons (Fsp3) is 0.486. The van der Waals surface area contributed by atoms with Gasteiger partial charge in [0.1, 0.15) is 0 Å². The van der Waals surface area contributed by atoms with E-state index in [1.165, 1.54) is 19.3 Å². The normalized spacial score (nSPS) is 29.9. The van der Waals surface area contributed by atoms with E-state index in [9.17, 15) is 5.11 Å². The molecule has 40 heavy (non-hydrogen) atoms. The summed E-state index contributed by atoms with van der Waals surface area (Å²) in [5, 5.41) is 9.53. The fourth-order valence-corrected chi connectivity index (χ4v) is 7.80. The van der Waals surface area contributed by atoms with Crippen LogP contribution in [0.4, 0.5) is 0 Å². The van der Waals surface area contributed by atoms with Crippen LogP contribution in [-0.2, 0) is 22.6 Å². The first-order valence-corrected chi connectivity index (χ1v) is 14.9. The lowest BCUT2D eigenvalue weighted by molar-refractivity contribution is -0.253. The molecule has 5 atom stereocenters. The van der Waals surface area contributed by atoms with Gasteiger partial charge < -0.3 is 20.3 Å². The second kappa shape index (κ2) is 11.0. The molecule has 5 nitrogen and oxygen atoms in total. The van der Waals surface area contributed by atoms with Crippen LogP contribution in [0.5, 0.6) is 0 Å². The minimum absolute atomic E-state index is 0.0478. The number of aliphatic hydroxyl groups excluding tert-OH is 1. The van der Waals surface area contributed by atoms with Gasteiger partial charge in [-0.1, -0.05) is 87.5 Å². The monoisotopic (exact) mass is 540 g/mol. The van der Waals surface area contributed by atoms with Crippen molar-refractivity contribution in [3.05, 3.63) is 95.1 Å². The zero-order chi connectivity index (χ0) is 27.9. The molecule has 6 rings (SSSR count). The minimum atomic E-state index is -0.431. The number of nitrogens with two attached hydrogens (primary N) is 1. The number of rotatable bonds is 7. The molecule has 3 N–H and O–H groups in total. The van der Waals surface area contributed by atoms with E-state index in [0.29, 0.717) is 23.4 Å². The van der Waals surface area contributed by atoms with E-state index >= 15 is 0 Å². The maximum Gasteiger partial charge on any atom is 0.184 e. The van der Waals surface area contributed by atoms with Gasteiger partial charge in [0, 0.05) is 37.7 Å². The van der Waals surface area contributed by atoms with Crippen molar-refractivity contribution in [2.75, 3.05) is 13.1 Å². The summed E-state index contributed by atoms with van der Waals surface area (Å²) in [6, 6.07) is 25.8. The van der Waals surface area contributed by atoms with E-state index in [-0.39, 0.29) is 18.8 Å². The third-order valence-electron chi connectivity index (χ3n) is 9.26. The van der Waals surface area contributed by atoms with Crippen molar-refractivity contribution in [1.29, 1.82) is 0 Å². The maximum absolute atomic E-state index is 9.53. The van der Waals surface area contributed by atoms with Crippen LogP contribution in [0.25, 0.3) is 11.1 Å². The number of ether oxygens (including phenoxy) is 2. The van der Waals surface area contributed by atoms with Gasteiger partial charge in [-0.2, -0.15) is 0 Å². The Bertz CT molecular complexity index is 1300. The Morgan fingerprint density at radius 1 is 0.875 bits per heavy atom. The summed E-state index contributed by atoms with van der Waals surface area (Å²) in [7, 11) is 0. The lowest BCUT2D eigenvalue weighted by Gasteiger charge is -2.41. The van der Waals surface area contributed by atoms with Gasteiger partial charge in [0.15, 0.2) is 6.29 Å². The second-order valence-corrected chi connectivity index (χ2v) is 13.5. The molecule has 3 fully saturated rings. The molecule has 0 amide bonds. The van der Waals surface area contributed by atoms with Crippen molar-refractivity contribution in [2.45, 2.75) is 84.1 Å². The third-order valence-corrected chi connectivity index (χ3v) is 9.26. The second-order valence-electron chi connectivity index (χ2n) is 13.5. The molecule has 3 aliphatic rings. The number of likely N-dealkylation sites (tertiary alicyclic amines) is 1. The summed E-state index contributed by atoms with van der Waals surface area (Å²) in [5.74, 6) is 0. The molecule has 2 aliphatic heterocycles. The molecule has 1 aliphatic carbocycles. The summed E-state index contributed by atoms with van der Waals surface area (Å²) in [6.07, 6.45) is 4.25. The van der Waals surface area contributed by atoms with Gasteiger partial charge in [-0.05, 0) is 64.0 Å². The molecule has 5 heteroatoms. The molecule has 3 aromatic carbocycles. The van der Waals surface area contributed by atoms with Crippen LogP contribution in [-0.4, -0.2) is 35.2 Å². The Hall–Kier alpha value is -2.54. The largest absolute Gasteiger partial charge is 0.392 e. The summed E-state index contributed by atoms with van der Waals surface area (Å²) >= 11 is 0. The molecule has 2 unspecified atom stereocenters. The molecule has 2 saturated heterocycles. The summed E-state index contributed by atoms with van der Waals surface area (Å²) in [6.45, 7) is 10.0. The molecule has 1 saturated carbocycles. The predicted molar refractivity (Wildman–Crippen MR) is 159 cm³/mol. The molecule has 2 bridgehead atoms. The molecule has 212 valence electrons. The van der Waals surface area contributed by atoms with Crippen LogP contribution in [0.3, 0.4) is 0 Å². The first-order chi connectivity index (χ1) is 19.2. The Morgan fingerprint density at radius 3 is 2.35 bits per heavy atom. The minimum Gasteiger partial charge on any atom is -0.392 e. The SMILES string of the molecule is CC1(C)CC2CC(C)(CN2C[C@@H]2C[C@H](c3ccc(CO)cc3)O[C@H](c3ccc(-c4cccc(CN)c4)cc3)O2)C1. The number of nitrogens with zero attached hydrogens (tertiary/aromatic N) is 1. The van der Waals surface area contributed by atoms with Crippen LogP contribution in [0, 0.1) is 10.8 Å². The first kappa shape index (κ1) is 27.6. The van der Waals surface area contributed by atoms with Crippen LogP contribution in [0.1, 0.15) is 81.1 Å². The van der Waals surface area contributed by atoms with E-state index in [1.807, 2.05) is 12.1 Å². The number of fused-ring (bicyclic) bond motifs is 2. The molecule has 0 spiro atoms. The van der Waals surface area contributed by atoms with Crippen LogP contribution in [0.15, 0.2) is 72.8 Å². The smallest absolute Gasteiger partial charge is 0.184 e. The highest BCUT2D eigenvalue weighted by molar-refractivity contribution is 5.64. The molecule has 2 heterocycles. The quantitative estimate of drug-likeness (QED) is 0.347. The Labute approximate surface area is 239 Å². The van der Waals surface area contributed by atoms with Crippen molar-refractivity contribution < 1.29 is 14.6 Å². The number of hydrogen-bond acceptors (Lipinski definition) is 5. The van der Waals surface area contributed by atoms with Gasteiger partial charge in [0.05, 0.1) is 18.8 Å². The Kier molecular flexibility index (Phi) is 7.62. The van der Waals surface area contributed by atoms with Crippen molar-refractivity contribution in [3.63, 3.8) is 0 Å². The molecule has 0 aromatic heterocycles. The maximum atomic E-state index is 9.53. The van der Waals surface area contributed by atoms with E-state index in [2.05, 4.69) is 86.3 Å². The topological polar surface area (TPSA) is 68.0 Å². The lowest BCUT2D eigenvalue weighted by atomic mass is 9.65. The molecular formula is C35H44N2O3. The van der Waals surface area contributed by atoms with Gasteiger partial charge in [0.2, 0.25) is 0 Å². The predicted octanol–water partition coefficient (Wildman–Crippen LogP) is 6.75. The van der Waals surface area contributed by atoms with Crippen molar-refractivity contribution >= 4 is 0 Å². The van der Waals surface area contributed by atoms with Crippen LogP contribution in [0.2, 0.25) is 0 Å². The lowest BCUT2D eigenvalue weighted by Crippen LogP contribution is -2.42.